The standard InChI is InChI=1S/C27H28O6/c1-27(19-7-9-20(28)10-8-19)17-33-24-16-21(29)11-14-23(24)26(27)18-5-12-22(13-6-18)32-15-3-4-25(30)31-2/h5-14,16,26,28-29H,3-4,15,17H2,1-2H3. The number of ether oxygens (including phenoxy) is 3. The Kier molecular flexibility index (Phi) is 6.45. The number of carbonyl (C=O) groups is 1. The van der Waals surface area contributed by atoms with Crippen LogP contribution in [0, 0.1) is 0 Å². The summed E-state index contributed by atoms with van der Waals surface area (Å²) in [7, 11) is 1.38. The van der Waals surface area contributed by atoms with E-state index < -0.39 is 5.41 Å². The Bertz CT molecular complexity index is 1110. The molecule has 3 aromatic rings. The zero-order chi connectivity index (χ0) is 23.4. The zero-order valence-corrected chi connectivity index (χ0v) is 18.8. The quantitative estimate of drug-likeness (QED) is 0.395. The van der Waals surface area contributed by atoms with Crippen molar-refractivity contribution >= 4 is 5.97 Å². The lowest BCUT2D eigenvalue weighted by molar-refractivity contribution is -0.140. The van der Waals surface area contributed by atoms with Crippen LogP contribution in [0.15, 0.2) is 66.7 Å². The van der Waals surface area contributed by atoms with E-state index in [2.05, 4.69) is 11.7 Å². The number of carbonyl (C=O) groups excluding carboxylic acids is 1. The highest BCUT2D eigenvalue weighted by Gasteiger charge is 2.43. The average Bonchev–Trinajstić information content (AvgIpc) is 2.82. The van der Waals surface area contributed by atoms with Crippen LogP contribution >= 0.6 is 0 Å². The molecular weight excluding hydrogens is 420 g/mol. The van der Waals surface area contributed by atoms with Gasteiger partial charge in [-0.2, -0.15) is 0 Å². The molecule has 1 aliphatic heterocycles. The Labute approximate surface area is 193 Å². The van der Waals surface area contributed by atoms with Gasteiger partial charge in [-0.15, -0.1) is 0 Å². The normalized spacial score (nSPS) is 19.3. The molecule has 0 saturated heterocycles. The molecule has 0 bridgehead atoms. The Balaban J connectivity index is 1.63. The maximum atomic E-state index is 11.2. The van der Waals surface area contributed by atoms with Crippen molar-refractivity contribution in [3.8, 4) is 23.0 Å². The van der Waals surface area contributed by atoms with E-state index in [1.54, 1.807) is 24.3 Å². The minimum atomic E-state index is -0.402. The number of hydrogen-bond acceptors (Lipinski definition) is 6. The number of rotatable bonds is 7. The Morgan fingerprint density at radius 2 is 1.73 bits per heavy atom. The number of phenols is 2. The van der Waals surface area contributed by atoms with Gasteiger partial charge in [0, 0.05) is 29.4 Å². The van der Waals surface area contributed by atoms with E-state index in [4.69, 9.17) is 9.47 Å². The molecule has 4 rings (SSSR count). The summed E-state index contributed by atoms with van der Waals surface area (Å²) in [5, 5.41) is 19.7. The molecule has 33 heavy (non-hydrogen) atoms. The number of esters is 1. The first-order valence-electron chi connectivity index (χ1n) is 11.0. The lowest BCUT2D eigenvalue weighted by atomic mass is 9.65. The molecule has 2 unspecified atom stereocenters. The van der Waals surface area contributed by atoms with Crippen LogP contribution in [0.1, 0.15) is 42.4 Å². The van der Waals surface area contributed by atoms with Gasteiger partial charge in [0.05, 0.1) is 20.3 Å². The third-order valence-corrected chi connectivity index (χ3v) is 6.23. The molecule has 6 heteroatoms. The molecule has 2 N–H and O–H groups in total. The van der Waals surface area contributed by atoms with E-state index in [1.807, 2.05) is 42.5 Å². The highest BCUT2D eigenvalue weighted by atomic mass is 16.5. The number of aromatic hydroxyl groups is 2. The molecule has 1 heterocycles. The van der Waals surface area contributed by atoms with E-state index in [9.17, 15) is 15.0 Å². The van der Waals surface area contributed by atoms with Crippen molar-refractivity contribution in [3.05, 3.63) is 83.4 Å². The van der Waals surface area contributed by atoms with Gasteiger partial charge in [0.25, 0.3) is 0 Å². The molecule has 0 spiro atoms. The fourth-order valence-corrected chi connectivity index (χ4v) is 4.45. The zero-order valence-electron chi connectivity index (χ0n) is 18.8. The summed E-state index contributed by atoms with van der Waals surface area (Å²) in [6.07, 6.45) is 0.912. The highest BCUT2D eigenvalue weighted by molar-refractivity contribution is 5.69. The van der Waals surface area contributed by atoms with Crippen molar-refractivity contribution in [2.24, 2.45) is 0 Å². The van der Waals surface area contributed by atoms with Gasteiger partial charge in [0.2, 0.25) is 0 Å². The molecule has 0 radical (unpaired) electrons. The van der Waals surface area contributed by atoms with E-state index in [-0.39, 0.29) is 23.4 Å². The molecule has 2 atom stereocenters. The van der Waals surface area contributed by atoms with Crippen molar-refractivity contribution in [3.63, 3.8) is 0 Å². The highest BCUT2D eigenvalue weighted by Crippen LogP contribution is 2.50. The summed E-state index contributed by atoms with van der Waals surface area (Å²) >= 11 is 0. The lowest BCUT2D eigenvalue weighted by Gasteiger charge is -2.43. The molecule has 6 nitrogen and oxygen atoms in total. The second kappa shape index (κ2) is 9.45. The minimum Gasteiger partial charge on any atom is -0.508 e. The predicted octanol–water partition coefficient (Wildman–Crippen LogP) is 4.91. The lowest BCUT2D eigenvalue weighted by Crippen LogP contribution is -2.40. The molecule has 0 amide bonds. The number of phenolic OH excluding ortho intramolecular Hbond substituents is 2. The first kappa shape index (κ1) is 22.5. The van der Waals surface area contributed by atoms with Crippen molar-refractivity contribution in [1.29, 1.82) is 0 Å². The molecule has 1 aliphatic rings. The largest absolute Gasteiger partial charge is 0.508 e. The molecule has 3 aromatic carbocycles. The van der Waals surface area contributed by atoms with Crippen molar-refractivity contribution < 1.29 is 29.2 Å². The number of fused-ring (bicyclic) bond motifs is 1. The summed E-state index contributed by atoms with van der Waals surface area (Å²) in [4.78, 5) is 11.2. The van der Waals surface area contributed by atoms with Gasteiger partial charge < -0.3 is 24.4 Å². The smallest absolute Gasteiger partial charge is 0.305 e. The van der Waals surface area contributed by atoms with Gasteiger partial charge in [-0.3, -0.25) is 4.79 Å². The van der Waals surface area contributed by atoms with E-state index in [0.717, 1.165) is 22.4 Å². The third kappa shape index (κ3) is 4.75. The van der Waals surface area contributed by atoms with Crippen molar-refractivity contribution in [1.82, 2.24) is 0 Å². The maximum Gasteiger partial charge on any atom is 0.305 e. The molecule has 0 saturated carbocycles. The summed E-state index contributed by atoms with van der Waals surface area (Å²) in [6.45, 7) is 3.00. The second-order valence-corrected chi connectivity index (χ2v) is 8.51. The van der Waals surface area contributed by atoms with Crippen LogP contribution in [-0.4, -0.2) is 36.5 Å². The summed E-state index contributed by atoms with van der Waals surface area (Å²) in [5.74, 6) is 1.49. The van der Waals surface area contributed by atoms with Crippen molar-refractivity contribution in [2.75, 3.05) is 20.3 Å². The average molecular weight is 449 g/mol. The molecular formula is C27H28O6. The summed E-state index contributed by atoms with van der Waals surface area (Å²) in [6, 6.07) is 20.4. The predicted molar refractivity (Wildman–Crippen MR) is 124 cm³/mol. The van der Waals surface area contributed by atoms with Gasteiger partial charge in [0.15, 0.2) is 0 Å². The first-order valence-corrected chi connectivity index (χ1v) is 11.0. The van der Waals surface area contributed by atoms with Gasteiger partial charge in [-0.05, 0) is 47.9 Å². The van der Waals surface area contributed by atoms with E-state index in [1.165, 1.54) is 7.11 Å². The van der Waals surface area contributed by atoms with Crippen LogP contribution in [0.3, 0.4) is 0 Å². The monoisotopic (exact) mass is 448 g/mol. The van der Waals surface area contributed by atoms with Crippen LogP contribution in [-0.2, 0) is 14.9 Å². The van der Waals surface area contributed by atoms with Crippen LogP contribution in [0.25, 0.3) is 0 Å². The summed E-state index contributed by atoms with van der Waals surface area (Å²) < 4.78 is 16.5. The van der Waals surface area contributed by atoms with E-state index >= 15 is 0 Å². The van der Waals surface area contributed by atoms with Gasteiger partial charge >= 0.3 is 5.97 Å². The Hall–Kier alpha value is -3.67. The third-order valence-electron chi connectivity index (χ3n) is 6.23. The van der Waals surface area contributed by atoms with Crippen molar-refractivity contribution in [2.45, 2.75) is 31.1 Å². The van der Waals surface area contributed by atoms with Crippen LogP contribution in [0.4, 0.5) is 0 Å². The van der Waals surface area contributed by atoms with Crippen LogP contribution in [0.5, 0.6) is 23.0 Å². The van der Waals surface area contributed by atoms with Gasteiger partial charge in [-0.1, -0.05) is 37.3 Å². The van der Waals surface area contributed by atoms with Gasteiger partial charge in [-0.25, -0.2) is 0 Å². The Morgan fingerprint density at radius 3 is 2.42 bits per heavy atom. The molecule has 0 fully saturated rings. The van der Waals surface area contributed by atoms with Crippen LogP contribution in [0.2, 0.25) is 0 Å². The minimum absolute atomic E-state index is 0.0419. The second-order valence-electron chi connectivity index (χ2n) is 8.51. The van der Waals surface area contributed by atoms with E-state index in [0.29, 0.717) is 31.8 Å². The molecule has 172 valence electrons. The first-order chi connectivity index (χ1) is 15.9. The summed E-state index contributed by atoms with van der Waals surface area (Å²) in [5.41, 5.74) is 2.72. The molecule has 0 aliphatic carbocycles. The van der Waals surface area contributed by atoms with Gasteiger partial charge in [0.1, 0.15) is 23.0 Å². The number of benzene rings is 3. The fourth-order valence-electron chi connectivity index (χ4n) is 4.45. The fraction of sp³-hybridized carbons (Fsp3) is 0.296. The molecule has 0 aromatic heterocycles. The number of methoxy groups -OCH3 is 1. The number of hydrogen-bond donors (Lipinski definition) is 2. The maximum absolute atomic E-state index is 11.2. The SMILES string of the molecule is COC(=O)CCCOc1ccc(C2c3ccc(O)cc3OCC2(C)c2ccc(O)cc2)cc1. The topological polar surface area (TPSA) is 85.2 Å². The Morgan fingerprint density at radius 1 is 1.03 bits per heavy atom. The van der Waals surface area contributed by atoms with Crippen LogP contribution < -0.4 is 9.47 Å².